The molecule has 0 saturated carbocycles. The Labute approximate surface area is 327 Å². The minimum absolute atomic E-state index is 0.135. The van der Waals surface area contributed by atoms with E-state index in [1.165, 1.54) is 0 Å². The summed E-state index contributed by atoms with van der Waals surface area (Å²) in [5.41, 5.74) is -2.91. The number of carbonyl (C=O) groups is 3. The third-order valence-corrected chi connectivity index (χ3v) is 12.8. The maximum absolute atomic E-state index is 14.5. The van der Waals surface area contributed by atoms with Crippen molar-refractivity contribution in [3.05, 3.63) is 35.9 Å². The Kier molecular flexibility index (Phi) is 13.8. The molecule has 4 heterocycles. The molecule has 55 heavy (non-hydrogen) atoms. The molecule has 13 heteroatoms. The average molecular weight is 775 g/mol. The molecule has 3 N–H and O–H groups in total. The van der Waals surface area contributed by atoms with Gasteiger partial charge in [-0.15, -0.1) is 0 Å². The third kappa shape index (κ3) is 9.40. The molecule has 310 valence electrons. The summed E-state index contributed by atoms with van der Waals surface area (Å²) in [6.45, 7) is 14.3. The van der Waals surface area contributed by atoms with Crippen molar-refractivity contribution < 1.29 is 53.0 Å². The summed E-state index contributed by atoms with van der Waals surface area (Å²) in [6.07, 6.45) is -2.88. The van der Waals surface area contributed by atoms with Gasteiger partial charge in [-0.25, -0.2) is 4.79 Å². The van der Waals surface area contributed by atoms with Crippen LogP contribution in [0.4, 0.5) is 4.79 Å². The first-order chi connectivity index (χ1) is 25.8. The number of benzene rings is 1. The second kappa shape index (κ2) is 17.5. The van der Waals surface area contributed by atoms with Crippen molar-refractivity contribution in [1.29, 1.82) is 0 Å². The maximum Gasteiger partial charge on any atom is 0.408 e. The number of nitrogens with zero attached hydrogens (tertiary/aromatic N) is 1. The fourth-order valence-corrected chi connectivity index (χ4v) is 9.57. The predicted molar refractivity (Wildman–Crippen MR) is 204 cm³/mol. The van der Waals surface area contributed by atoms with Crippen LogP contribution in [0.25, 0.3) is 0 Å². The third-order valence-electron chi connectivity index (χ3n) is 12.8. The standard InChI is InChI=1S/C42H66N2O11/c1-11-31-41(8)35(43-39(48)55-41)26(4)32(45)24(2)21-40(7)36(54-38-33(46)30(44(9)10)20-25(3)52-38)27(5)34(28(6)37(47)53-31)50-22-42(49,23-51-40)19-15-18-29-16-13-12-14-17-29/h12-14,16-17,24-28,30-31,33-36,38,46,49H,11,15,18-23H2,1-10H3,(H,43,48)/t24-,25-,26+,27+,28-,30+,31-,33-,34+,35-,36-,38+,40-,41-,42?/m1/s1. The molecule has 13 nitrogen and oxygen atoms in total. The van der Waals surface area contributed by atoms with Gasteiger partial charge in [0, 0.05) is 23.8 Å². The van der Waals surface area contributed by atoms with Crippen molar-refractivity contribution in [3.63, 3.8) is 0 Å². The number of ether oxygens (including phenoxy) is 6. The van der Waals surface area contributed by atoms with Crippen LogP contribution in [0, 0.1) is 23.7 Å². The number of nitrogens with one attached hydrogen (secondary N) is 1. The summed E-state index contributed by atoms with van der Waals surface area (Å²) < 4.78 is 38.8. The lowest BCUT2D eigenvalue weighted by molar-refractivity contribution is -0.303. The highest BCUT2D eigenvalue weighted by atomic mass is 16.7. The molecule has 4 fully saturated rings. The molecule has 1 aromatic rings. The SMILES string of the molecule is CC[C@H]1OC(=O)[C@H](C)[C@H]2OCC(O)(CCCc3ccccc3)CO[C@](C)(C[C@@H](C)C(=O)[C@H](C)[C@H]3NC(=O)O[C@@]31C)[C@H](O[C@@H]1O[C@H](C)C[C@H](N(C)C)[C@H]1O)[C@H]2C. The lowest BCUT2D eigenvalue weighted by Gasteiger charge is -2.48. The van der Waals surface area contributed by atoms with Crippen LogP contribution in [0.3, 0.4) is 0 Å². The monoisotopic (exact) mass is 774 g/mol. The van der Waals surface area contributed by atoms with Crippen LogP contribution in [-0.4, -0.2) is 126 Å². The van der Waals surface area contributed by atoms with E-state index >= 15 is 0 Å². The van der Waals surface area contributed by atoms with Crippen molar-refractivity contribution in [2.45, 2.75) is 160 Å². The van der Waals surface area contributed by atoms with E-state index < -0.39 is 89.3 Å². The van der Waals surface area contributed by atoms with Crippen molar-refractivity contribution >= 4 is 17.8 Å². The quantitative estimate of drug-likeness (QED) is 0.319. The van der Waals surface area contributed by atoms with Gasteiger partial charge < -0.3 is 48.9 Å². The number of likely N-dealkylation sites (N-methyl/N-ethyl adjacent to an activating group) is 1. The summed E-state index contributed by atoms with van der Waals surface area (Å²) in [6, 6.07) is 9.00. The van der Waals surface area contributed by atoms with Gasteiger partial charge in [0.1, 0.15) is 23.6 Å². The number of hydrogen-bond donors (Lipinski definition) is 3. The molecule has 4 aliphatic rings. The van der Waals surface area contributed by atoms with Crippen LogP contribution in [0.15, 0.2) is 30.3 Å². The summed E-state index contributed by atoms with van der Waals surface area (Å²) in [5.74, 6) is -3.58. The Bertz CT molecular complexity index is 1480. The fourth-order valence-electron chi connectivity index (χ4n) is 9.57. The molecule has 2 bridgehead atoms. The topological polar surface area (TPSA) is 162 Å². The molecule has 1 amide bonds. The average Bonchev–Trinajstić information content (AvgIpc) is 3.47. The molecular weight excluding hydrogens is 708 g/mol. The van der Waals surface area contributed by atoms with Gasteiger partial charge in [0.15, 0.2) is 11.9 Å². The largest absolute Gasteiger partial charge is 0.458 e. The first-order valence-corrected chi connectivity index (χ1v) is 20.2. The van der Waals surface area contributed by atoms with Gasteiger partial charge in [-0.3, -0.25) is 9.59 Å². The minimum Gasteiger partial charge on any atom is -0.458 e. The smallest absolute Gasteiger partial charge is 0.408 e. The molecule has 4 saturated heterocycles. The Balaban J connectivity index is 1.60. The molecule has 0 radical (unpaired) electrons. The van der Waals surface area contributed by atoms with Gasteiger partial charge in [-0.2, -0.15) is 0 Å². The molecule has 5 rings (SSSR count). The van der Waals surface area contributed by atoms with E-state index in [1.807, 2.05) is 83.9 Å². The van der Waals surface area contributed by atoms with Gasteiger partial charge >= 0.3 is 12.1 Å². The van der Waals surface area contributed by atoms with Gasteiger partial charge in [-0.1, -0.05) is 58.0 Å². The fraction of sp³-hybridized carbons (Fsp3) is 0.786. The maximum atomic E-state index is 14.5. The molecule has 15 atom stereocenters. The van der Waals surface area contributed by atoms with E-state index in [1.54, 1.807) is 20.8 Å². The number of cyclic esters (lactones) is 1. The summed E-state index contributed by atoms with van der Waals surface area (Å²) in [7, 11) is 3.80. The number of aryl methyl sites for hydroxylation is 1. The molecule has 0 aromatic heterocycles. The number of esters is 1. The normalized spacial score (nSPS) is 43.3. The second-order valence-electron chi connectivity index (χ2n) is 17.5. The van der Waals surface area contributed by atoms with Crippen LogP contribution in [0.5, 0.6) is 0 Å². The molecule has 0 aliphatic carbocycles. The minimum atomic E-state index is -1.46. The van der Waals surface area contributed by atoms with Gasteiger partial charge in [0.25, 0.3) is 0 Å². The van der Waals surface area contributed by atoms with Crippen LogP contribution in [0.2, 0.25) is 0 Å². The van der Waals surface area contributed by atoms with E-state index in [0.717, 1.165) is 12.0 Å². The molecular formula is C42H66N2O11. The Morgan fingerprint density at radius 1 is 1.00 bits per heavy atom. The van der Waals surface area contributed by atoms with E-state index in [-0.39, 0.29) is 37.6 Å². The van der Waals surface area contributed by atoms with Gasteiger partial charge in [0.05, 0.1) is 49.1 Å². The van der Waals surface area contributed by atoms with Crippen LogP contribution >= 0.6 is 0 Å². The molecule has 1 aromatic carbocycles. The first-order valence-electron chi connectivity index (χ1n) is 20.2. The van der Waals surface area contributed by atoms with E-state index in [2.05, 4.69) is 5.32 Å². The van der Waals surface area contributed by atoms with Crippen LogP contribution in [0.1, 0.15) is 93.1 Å². The van der Waals surface area contributed by atoms with Crippen molar-refractivity contribution in [2.75, 3.05) is 27.3 Å². The number of aliphatic hydroxyl groups excluding tert-OH is 1. The number of hydrogen-bond acceptors (Lipinski definition) is 12. The number of aliphatic hydroxyl groups is 2. The number of Topliss-reactive ketones (excluding diaryl/α,β-unsaturated/α-hetero) is 1. The van der Waals surface area contributed by atoms with Crippen molar-refractivity contribution in [1.82, 2.24) is 10.2 Å². The molecule has 0 spiro atoms. The number of carbonyl (C=O) groups excluding carboxylic acids is 3. The van der Waals surface area contributed by atoms with Gasteiger partial charge in [0.2, 0.25) is 0 Å². The highest BCUT2D eigenvalue weighted by molar-refractivity contribution is 5.85. The lowest BCUT2D eigenvalue weighted by atomic mass is 9.73. The first kappa shape index (κ1) is 43.5. The zero-order valence-electron chi connectivity index (χ0n) is 34.5. The van der Waals surface area contributed by atoms with Crippen molar-refractivity contribution in [3.8, 4) is 0 Å². The Morgan fingerprint density at radius 3 is 2.35 bits per heavy atom. The van der Waals surface area contributed by atoms with Crippen molar-refractivity contribution in [2.24, 2.45) is 23.7 Å². The highest BCUT2D eigenvalue weighted by Crippen LogP contribution is 2.43. The number of ketones is 1. The zero-order valence-corrected chi connectivity index (χ0v) is 34.5. The van der Waals surface area contributed by atoms with Gasteiger partial charge in [-0.05, 0) is 85.9 Å². The summed E-state index contributed by atoms with van der Waals surface area (Å²) in [4.78, 5) is 43.6. The summed E-state index contributed by atoms with van der Waals surface area (Å²) in [5, 5.41) is 26.8. The zero-order chi connectivity index (χ0) is 40.5. The number of alkyl carbamates (subject to hydrolysis) is 1. The summed E-state index contributed by atoms with van der Waals surface area (Å²) >= 11 is 0. The Morgan fingerprint density at radius 2 is 1.69 bits per heavy atom. The second-order valence-corrected chi connectivity index (χ2v) is 17.5. The van der Waals surface area contributed by atoms with E-state index in [4.69, 9.17) is 28.4 Å². The predicted octanol–water partition coefficient (Wildman–Crippen LogP) is 4.43. The Hall–Kier alpha value is -2.65. The highest BCUT2D eigenvalue weighted by Gasteiger charge is 2.58. The number of amides is 1. The lowest BCUT2D eigenvalue weighted by Crippen LogP contribution is -2.60. The van der Waals surface area contributed by atoms with E-state index in [0.29, 0.717) is 25.7 Å². The molecule has 1 unspecified atom stereocenters. The van der Waals surface area contributed by atoms with Crippen LogP contribution < -0.4 is 5.32 Å². The van der Waals surface area contributed by atoms with Crippen LogP contribution in [-0.2, 0) is 44.4 Å². The number of fused-ring (bicyclic) bond motifs is 4. The molecule has 4 aliphatic heterocycles. The number of rotatable bonds is 8. The van der Waals surface area contributed by atoms with E-state index in [9.17, 15) is 24.6 Å².